The van der Waals surface area contributed by atoms with Gasteiger partial charge in [0, 0.05) is 25.1 Å². The highest BCUT2D eigenvalue weighted by Crippen LogP contribution is 2.29. The van der Waals surface area contributed by atoms with Crippen LogP contribution in [0.15, 0.2) is 24.3 Å². The maximum atomic E-state index is 12.7. The van der Waals surface area contributed by atoms with Crippen molar-refractivity contribution in [3.63, 3.8) is 0 Å². The number of rotatable bonds is 7. The third-order valence-corrected chi connectivity index (χ3v) is 4.31. The van der Waals surface area contributed by atoms with E-state index in [2.05, 4.69) is 10.2 Å². The summed E-state index contributed by atoms with van der Waals surface area (Å²) >= 11 is 0. The Balaban J connectivity index is 1.80. The van der Waals surface area contributed by atoms with E-state index < -0.39 is 23.8 Å². The highest BCUT2D eigenvalue weighted by Gasteiger charge is 2.31. The Morgan fingerprint density at radius 2 is 2.12 bits per heavy atom. The van der Waals surface area contributed by atoms with Crippen LogP contribution in [-0.4, -0.2) is 54.0 Å². The summed E-state index contributed by atoms with van der Waals surface area (Å²) in [6, 6.07) is 4.10. The largest absolute Gasteiger partial charge is 0.416 e. The summed E-state index contributed by atoms with van der Waals surface area (Å²) < 4.78 is 38.0. The normalized spacial score (nSPS) is 19.3. The molecule has 1 aliphatic rings. The second-order valence-electron chi connectivity index (χ2n) is 6.77. The number of ketones is 1. The number of hydrogen-bond donors (Lipinski definition) is 2. The minimum absolute atomic E-state index is 0.128. The number of aliphatic hydroxyl groups excluding tert-OH is 1. The van der Waals surface area contributed by atoms with Gasteiger partial charge in [-0.25, -0.2) is 0 Å². The van der Waals surface area contributed by atoms with E-state index in [9.17, 15) is 27.9 Å². The van der Waals surface area contributed by atoms with Crippen LogP contribution in [-0.2, 0) is 11.0 Å². The van der Waals surface area contributed by atoms with Gasteiger partial charge in [-0.3, -0.25) is 9.59 Å². The number of benzene rings is 1. The number of nitrogens with zero attached hydrogens (tertiary/aromatic N) is 1. The smallest absolute Gasteiger partial charge is 0.392 e. The zero-order chi connectivity index (χ0) is 19.3. The van der Waals surface area contributed by atoms with Crippen LogP contribution in [0.3, 0.4) is 0 Å². The van der Waals surface area contributed by atoms with Gasteiger partial charge in [-0.1, -0.05) is 6.07 Å². The molecule has 0 spiro atoms. The molecule has 0 radical (unpaired) electrons. The molecule has 1 aromatic rings. The molecule has 1 heterocycles. The summed E-state index contributed by atoms with van der Waals surface area (Å²) in [6.07, 6.45) is -3.79. The lowest BCUT2D eigenvalue weighted by molar-refractivity contribution is -0.137. The molecule has 26 heavy (non-hydrogen) atoms. The highest BCUT2D eigenvalue weighted by molar-refractivity contribution is 5.96. The molecule has 1 aliphatic heterocycles. The number of β-amino-alcohol motifs (C(OH)–C–C–N with tert-alkyl or cyclic N) is 1. The van der Waals surface area contributed by atoms with Crippen molar-refractivity contribution in [3.05, 3.63) is 35.4 Å². The Morgan fingerprint density at radius 3 is 2.77 bits per heavy atom. The Hall–Kier alpha value is -1.93. The van der Waals surface area contributed by atoms with Gasteiger partial charge < -0.3 is 15.3 Å². The molecular weight excluding hydrogens is 349 g/mol. The maximum absolute atomic E-state index is 12.7. The summed E-state index contributed by atoms with van der Waals surface area (Å²) in [6.45, 7) is 3.61. The molecule has 5 nitrogen and oxygen atoms in total. The Kier molecular flexibility index (Phi) is 6.77. The number of halogens is 3. The standard InChI is InChI=1S/C18H23F3N2O3/c1-12(24)10-23-6-5-13(11-23)7-16(25)9-22-17(26)14-3-2-4-15(8-14)18(19,20)21/h2-4,8,12-13,24H,5-7,9-11H2,1H3,(H,22,26)/t12?,13-/m0/s1. The number of amides is 1. The van der Waals surface area contributed by atoms with Gasteiger partial charge in [0.25, 0.3) is 5.91 Å². The van der Waals surface area contributed by atoms with E-state index in [4.69, 9.17) is 0 Å². The molecule has 1 amide bonds. The van der Waals surface area contributed by atoms with Gasteiger partial charge >= 0.3 is 6.18 Å². The number of aliphatic hydroxyl groups is 1. The first kappa shape index (κ1) is 20.4. The average Bonchev–Trinajstić information content (AvgIpc) is 2.98. The molecule has 1 unspecified atom stereocenters. The van der Waals surface area contributed by atoms with Crippen LogP contribution in [0.4, 0.5) is 13.2 Å². The van der Waals surface area contributed by atoms with Crippen LogP contribution in [0, 0.1) is 5.92 Å². The highest BCUT2D eigenvalue weighted by atomic mass is 19.4. The Morgan fingerprint density at radius 1 is 1.38 bits per heavy atom. The third kappa shape index (κ3) is 6.10. The number of nitrogens with one attached hydrogen (secondary N) is 1. The molecule has 0 saturated carbocycles. The van der Waals surface area contributed by atoms with Gasteiger partial charge in [0.1, 0.15) is 0 Å². The molecule has 2 rings (SSSR count). The van der Waals surface area contributed by atoms with E-state index in [1.54, 1.807) is 6.92 Å². The van der Waals surface area contributed by atoms with Crippen LogP contribution in [0.2, 0.25) is 0 Å². The third-order valence-electron chi connectivity index (χ3n) is 4.31. The second kappa shape index (κ2) is 8.64. The number of hydrogen-bond acceptors (Lipinski definition) is 4. The van der Waals surface area contributed by atoms with Crippen molar-refractivity contribution in [1.82, 2.24) is 10.2 Å². The van der Waals surface area contributed by atoms with Crippen LogP contribution in [0.5, 0.6) is 0 Å². The van der Waals surface area contributed by atoms with Crippen LogP contribution in [0.1, 0.15) is 35.7 Å². The lowest BCUT2D eigenvalue weighted by Crippen LogP contribution is -2.32. The van der Waals surface area contributed by atoms with E-state index in [0.29, 0.717) is 13.0 Å². The van der Waals surface area contributed by atoms with E-state index >= 15 is 0 Å². The molecule has 2 atom stereocenters. The molecule has 0 aliphatic carbocycles. The van der Waals surface area contributed by atoms with Crippen molar-refractivity contribution >= 4 is 11.7 Å². The molecule has 1 fully saturated rings. The molecular formula is C18H23F3N2O3. The second-order valence-corrected chi connectivity index (χ2v) is 6.77. The topological polar surface area (TPSA) is 69.6 Å². The summed E-state index contributed by atoms with van der Waals surface area (Å²) in [4.78, 5) is 26.1. The van der Waals surface area contributed by atoms with Crippen LogP contribution in [0.25, 0.3) is 0 Å². The van der Waals surface area contributed by atoms with Crippen molar-refractivity contribution < 1.29 is 27.9 Å². The quantitative estimate of drug-likeness (QED) is 0.769. The lowest BCUT2D eigenvalue weighted by atomic mass is 10.0. The van der Waals surface area contributed by atoms with Crippen molar-refractivity contribution in [3.8, 4) is 0 Å². The SMILES string of the molecule is CC(O)CN1CC[C@@H](CC(=O)CNC(=O)c2cccc(C(F)(F)F)c2)C1. The van der Waals surface area contributed by atoms with Gasteiger partial charge in [0.05, 0.1) is 18.2 Å². The molecule has 144 valence electrons. The maximum Gasteiger partial charge on any atom is 0.416 e. The first-order chi connectivity index (χ1) is 12.1. The predicted molar refractivity (Wildman–Crippen MR) is 89.6 cm³/mol. The molecule has 2 N–H and O–H groups in total. The fourth-order valence-corrected chi connectivity index (χ4v) is 3.13. The minimum atomic E-state index is -4.52. The summed E-state index contributed by atoms with van der Waals surface area (Å²) in [5.74, 6) is -0.687. The molecule has 0 bridgehead atoms. The van der Waals surface area contributed by atoms with Crippen molar-refractivity contribution in [2.24, 2.45) is 5.92 Å². The van der Waals surface area contributed by atoms with Gasteiger partial charge in [-0.15, -0.1) is 0 Å². The number of carbonyl (C=O) groups is 2. The fraction of sp³-hybridized carbons (Fsp3) is 0.556. The minimum Gasteiger partial charge on any atom is -0.392 e. The lowest BCUT2D eigenvalue weighted by Gasteiger charge is -2.17. The average molecular weight is 372 g/mol. The van der Waals surface area contributed by atoms with Crippen molar-refractivity contribution in [2.75, 3.05) is 26.2 Å². The Bertz CT molecular complexity index is 647. The number of likely N-dealkylation sites (tertiary alicyclic amines) is 1. The Labute approximate surface area is 150 Å². The van der Waals surface area contributed by atoms with Crippen molar-refractivity contribution in [2.45, 2.75) is 32.0 Å². The van der Waals surface area contributed by atoms with E-state index in [-0.39, 0.29) is 23.8 Å². The number of Topliss-reactive ketones (excluding diaryl/α,β-unsaturated/α-hetero) is 1. The van der Waals surface area contributed by atoms with Crippen LogP contribution >= 0.6 is 0 Å². The molecule has 1 aromatic carbocycles. The number of alkyl halides is 3. The monoisotopic (exact) mass is 372 g/mol. The molecule has 8 heteroatoms. The van der Waals surface area contributed by atoms with Gasteiger partial charge in [-0.2, -0.15) is 13.2 Å². The molecule has 1 saturated heterocycles. The van der Waals surface area contributed by atoms with Gasteiger partial charge in [-0.05, 0) is 44.0 Å². The number of carbonyl (C=O) groups excluding carboxylic acids is 2. The van der Waals surface area contributed by atoms with Gasteiger partial charge in [0.15, 0.2) is 5.78 Å². The first-order valence-corrected chi connectivity index (χ1v) is 8.52. The van der Waals surface area contributed by atoms with E-state index in [1.807, 2.05) is 0 Å². The van der Waals surface area contributed by atoms with Crippen molar-refractivity contribution in [1.29, 1.82) is 0 Å². The summed E-state index contributed by atoms with van der Waals surface area (Å²) in [7, 11) is 0. The first-order valence-electron chi connectivity index (χ1n) is 8.52. The summed E-state index contributed by atoms with van der Waals surface area (Å²) in [5.41, 5.74) is -1.03. The summed E-state index contributed by atoms with van der Waals surface area (Å²) in [5, 5.41) is 11.8. The fourth-order valence-electron chi connectivity index (χ4n) is 3.13. The van der Waals surface area contributed by atoms with E-state index in [0.717, 1.165) is 37.7 Å². The zero-order valence-corrected chi connectivity index (χ0v) is 14.6. The predicted octanol–water partition coefficient (Wildman–Crippen LogP) is 2.10. The molecule has 0 aromatic heterocycles. The zero-order valence-electron chi connectivity index (χ0n) is 14.6. The van der Waals surface area contributed by atoms with Crippen LogP contribution < -0.4 is 5.32 Å². The van der Waals surface area contributed by atoms with Gasteiger partial charge in [0.2, 0.25) is 0 Å². The van der Waals surface area contributed by atoms with E-state index in [1.165, 1.54) is 6.07 Å².